The first kappa shape index (κ1) is 16.1. The molecule has 0 bridgehead atoms. The average molecular weight is 341 g/mol. The number of fused-ring (bicyclic) bond motifs is 1. The number of hydrogen-bond acceptors (Lipinski definition) is 5. The number of aryl methyl sites for hydroxylation is 1. The Balaban J connectivity index is 1.66. The fraction of sp³-hybridized carbons (Fsp3) is 0.294. The van der Waals surface area contributed by atoms with Crippen LogP contribution in [0.1, 0.15) is 10.6 Å². The van der Waals surface area contributed by atoms with Gasteiger partial charge in [0.15, 0.2) is 0 Å². The standard InChI is InChI=1S/C17H15N3O3S/c1-10-19-13-8-11(5-6-14(13)24-10)4-3-7-20(2)17(23)12-9-18-16(22)15(12)21/h5-6,8,12H,7,9H2,1-2H3,(H,18,22). The molecule has 0 radical (unpaired) electrons. The number of nitrogens with zero attached hydrogens (tertiary/aromatic N) is 2. The van der Waals surface area contributed by atoms with Crippen LogP contribution in [0.4, 0.5) is 0 Å². The summed E-state index contributed by atoms with van der Waals surface area (Å²) in [6, 6.07) is 5.81. The van der Waals surface area contributed by atoms with Gasteiger partial charge in [0.05, 0.1) is 21.8 Å². The average Bonchev–Trinajstić information content (AvgIpc) is 3.08. The number of carbonyl (C=O) groups is 3. The summed E-state index contributed by atoms with van der Waals surface area (Å²) in [6.07, 6.45) is 0. The van der Waals surface area contributed by atoms with Gasteiger partial charge in [-0.25, -0.2) is 4.98 Å². The van der Waals surface area contributed by atoms with Gasteiger partial charge in [-0.2, -0.15) is 0 Å². The molecule has 24 heavy (non-hydrogen) atoms. The van der Waals surface area contributed by atoms with E-state index in [0.29, 0.717) is 0 Å². The van der Waals surface area contributed by atoms with Crippen LogP contribution < -0.4 is 5.32 Å². The summed E-state index contributed by atoms with van der Waals surface area (Å²) in [6.45, 7) is 2.21. The normalized spacial score (nSPS) is 16.7. The van der Waals surface area contributed by atoms with Crippen LogP contribution in [-0.2, 0) is 14.4 Å². The van der Waals surface area contributed by atoms with E-state index in [1.54, 1.807) is 18.4 Å². The Morgan fingerprint density at radius 3 is 2.96 bits per heavy atom. The van der Waals surface area contributed by atoms with Crippen molar-refractivity contribution < 1.29 is 14.4 Å². The molecule has 1 aliphatic rings. The number of amides is 2. The highest BCUT2D eigenvalue weighted by molar-refractivity contribution is 7.18. The van der Waals surface area contributed by atoms with E-state index in [4.69, 9.17) is 0 Å². The van der Waals surface area contributed by atoms with Crippen LogP contribution >= 0.6 is 11.3 Å². The van der Waals surface area contributed by atoms with Gasteiger partial charge in [-0.05, 0) is 25.1 Å². The van der Waals surface area contributed by atoms with Crippen molar-refractivity contribution in [2.24, 2.45) is 5.92 Å². The highest BCUT2D eigenvalue weighted by Crippen LogP contribution is 2.22. The number of aromatic nitrogens is 1. The van der Waals surface area contributed by atoms with Crippen molar-refractivity contribution in [3.8, 4) is 11.8 Å². The number of rotatable bonds is 2. The first-order valence-corrected chi connectivity index (χ1v) is 8.20. The fourth-order valence-electron chi connectivity index (χ4n) is 2.46. The Hall–Kier alpha value is -2.72. The molecule has 2 heterocycles. The highest BCUT2D eigenvalue weighted by atomic mass is 32.1. The summed E-state index contributed by atoms with van der Waals surface area (Å²) in [5, 5.41) is 3.38. The lowest BCUT2D eigenvalue weighted by Crippen LogP contribution is -2.37. The van der Waals surface area contributed by atoms with Crippen LogP contribution in [0.2, 0.25) is 0 Å². The molecule has 122 valence electrons. The van der Waals surface area contributed by atoms with Crippen molar-refractivity contribution in [1.82, 2.24) is 15.2 Å². The molecule has 0 aliphatic carbocycles. The second kappa shape index (κ2) is 6.42. The molecule has 0 saturated carbocycles. The van der Waals surface area contributed by atoms with Crippen LogP contribution in [0, 0.1) is 24.7 Å². The molecule has 6 nitrogen and oxygen atoms in total. The molecule has 1 aromatic carbocycles. The summed E-state index contributed by atoms with van der Waals surface area (Å²) in [5.74, 6) is 3.22. The summed E-state index contributed by atoms with van der Waals surface area (Å²) < 4.78 is 1.11. The predicted octanol–water partition coefficient (Wildman–Crippen LogP) is 0.730. The topological polar surface area (TPSA) is 79.4 Å². The zero-order chi connectivity index (χ0) is 17.3. The highest BCUT2D eigenvalue weighted by Gasteiger charge is 2.38. The van der Waals surface area contributed by atoms with Gasteiger partial charge in [-0.15, -0.1) is 11.3 Å². The largest absolute Gasteiger partial charge is 0.348 e. The molecule has 1 atom stereocenters. The van der Waals surface area contributed by atoms with E-state index in [1.165, 1.54) is 4.90 Å². The smallest absolute Gasteiger partial charge is 0.288 e. The number of thiazole rings is 1. The van der Waals surface area contributed by atoms with E-state index in [1.807, 2.05) is 25.1 Å². The number of carbonyl (C=O) groups excluding carboxylic acids is 3. The van der Waals surface area contributed by atoms with E-state index in [9.17, 15) is 14.4 Å². The molecule has 1 fully saturated rings. The zero-order valence-electron chi connectivity index (χ0n) is 13.3. The van der Waals surface area contributed by atoms with Gasteiger partial charge in [0.1, 0.15) is 5.92 Å². The van der Waals surface area contributed by atoms with Crippen LogP contribution in [0.5, 0.6) is 0 Å². The van der Waals surface area contributed by atoms with Crippen LogP contribution in [-0.4, -0.2) is 47.6 Å². The maximum absolute atomic E-state index is 12.2. The lowest BCUT2D eigenvalue weighted by Gasteiger charge is -2.16. The second-order valence-corrected chi connectivity index (χ2v) is 6.77. The van der Waals surface area contributed by atoms with Gasteiger partial charge in [-0.1, -0.05) is 11.8 Å². The van der Waals surface area contributed by atoms with Gasteiger partial charge in [-0.3, -0.25) is 14.4 Å². The molecule has 1 unspecified atom stereocenters. The van der Waals surface area contributed by atoms with Crippen molar-refractivity contribution in [1.29, 1.82) is 0 Å². The van der Waals surface area contributed by atoms with Gasteiger partial charge < -0.3 is 10.2 Å². The van der Waals surface area contributed by atoms with Gasteiger partial charge >= 0.3 is 0 Å². The summed E-state index contributed by atoms with van der Waals surface area (Å²) in [4.78, 5) is 40.7. The van der Waals surface area contributed by atoms with E-state index in [0.717, 1.165) is 20.8 Å². The Morgan fingerprint density at radius 2 is 2.25 bits per heavy atom. The van der Waals surface area contributed by atoms with E-state index >= 15 is 0 Å². The molecule has 1 N–H and O–H groups in total. The lowest BCUT2D eigenvalue weighted by atomic mass is 10.1. The SMILES string of the molecule is Cc1nc2cc(C#CCN(C)C(=O)C3CNC(=O)C3=O)ccc2s1. The van der Waals surface area contributed by atoms with E-state index in [-0.39, 0.29) is 13.1 Å². The maximum Gasteiger partial charge on any atom is 0.288 e. The van der Waals surface area contributed by atoms with Crippen molar-refractivity contribution >= 4 is 39.2 Å². The van der Waals surface area contributed by atoms with Crippen molar-refractivity contribution in [3.63, 3.8) is 0 Å². The minimum Gasteiger partial charge on any atom is -0.348 e. The Bertz CT molecular complexity index is 907. The summed E-state index contributed by atoms with van der Waals surface area (Å²) in [7, 11) is 1.57. The van der Waals surface area contributed by atoms with Gasteiger partial charge in [0, 0.05) is 19.2 Å². The first-order chi connectivity index (χ1) is 11.5. The van der Waals surface area contributed by atoms with Crippen molar-refractivity contribution in [2.45, 2.75) is 6.92 Å². The van der Waals surface area contributed by atoms with E-state index in [2.05, 4.69) is 22.1 Å². The minimum absolute atomic E-state index is 0.0636. The maximum atomic E-state index is 12.2. The number of hydrogen-bond donors (Lipinski definition) is 1. The van der Waals surface area contributed by atoms with Crippen LogP contribution in [0.25, 0.3) is 10.2 Å². The fourth-order valence-corrected chi connectivity index (χ4v) is 3.26. The molecule has 1 aromatic heterocycles. The number of Topliss-reactive ketones (excluding diaryl/α,β-unsaturated/α-hetero) is 1. The third-order valence-corrected chi connectivity index (χ3v) is 4.68. The predicted molar refractivity (Wildman–Crippen MR) is 90.4 cm³/mol. The van der Waals surface area contributed by atoms with E-state index < -0.39 is 23.5 Å². The number of benzene rings is 1. The van der Waals surface area contributed by atoms with Crippen molar-refractivity contribution in [3.05, 3.63) is 28.8 Å². The summed E-state index contributed by atoms with van der Waals surface area (Å²) >= 11 is 1.63. The Labute approximate surface area is 142 Å². The molecular weight excluding hydrogens is 326 g/mol. The van der Waals surface area contributed by atoms with Crippen molar-refractivity contribution in [2.75, 3.05) is 20.1 Å². The molecule has 3 rings (SSSR count). The summed E-state index contributed by atoms with van der Waals surface area (Å²) in [5.41, 5.74) is 1.73. The lowest BCUT2D eigenvalue weighted by molar-refractivity contribution is -0.142. The molecule has 2 amide bonds. The van der Waals surface area contributed by atoms with Crippen LogP contribution in [0.3, 0.4) is 0 Å². The third kappa shape index (κ3) is 3.14. The molecule has 1 saturated heterocycles. The molecule has 2 aromatic rings. The molecule has 1 aliphatic heterocycles. The van der Waals surface area contributed by atoms with Crippen LogP contribution in [0.15, 0.2) is 18.2 Å². The molecule has 0 spiro atoms. The Kier molecular flexibility index (Phi) is 4.32. The second-order valence-electron chi connectivity index (χ2n) is 5.54. The third-order valence-electron chi connectivity index (χ3n) is 3.72. The number of ketones is 1. The minimum atomic E-state index is -0.932. The first-order valence-electron chi connectivity index (χ1n) is 7.39. The Morgan fingerprint density at radius 1 is 1.46 bits per heavy atom. The molecular formula is C17H15N3O3S. The van der Waals surface area contributed by atoms with Gasteiger partial charge in [0.2, 0.25) is 11.7 Å². The van der Waals surface area contributed by atoms with Gasteiger partial charge in [0.25, 0.3) is 5.91 Å². The quantitative estimate of drug-likeness (QED) is 0.496. The number of nitrogens with one attached hydrogen (secondary N) is 1. The molecule has 7 heteroatoms. The zero-order valence-corrected chi connectivity index (χ0v) is 14.1. The monoisotopic (exact) mass is 341 g/mol.